The molecule has 7 heavy (non-hydrogen) atoms. The maximum Gasteiger partial charge on any atom is 2.00 e. The van der Waals surface area contributed by atoms with Gasteiger partial charge in [0.25, 0.3) is 0 Å². The second-order valence-electron chi connectivity index (χ2n) is 0.492. The predicted octanol–water partition coefficient (Wildman–Crippen LogP) is -2.18. The molecule has 0 heterocycles. The van der Waals surface area contributed by atoms with E-state index in [4.69, 9.17) is 9.90 Å². The molecule has 1 N–H and O–H groups in total. The van der Waals surface area contributed by atoms with Crippen molar-refractivity contribution in [1.29, 1.82) is 0 Å². The largest absolute Gasteiger partial charge is 2.00 e. The number of rotatable bonds is 0. The molecule has 0 bridgehead atoms. The second-order valence-corrected chi connectivity index (χ2v) is 0.492. The van der Waals surface area contributed by atoms with Gasteiger partial charge < -0.3 is 15.4 Å². The third-order valence-electron chi connectivity index (χ3n) is 0. The van der Waals surface area contributed by atoms with Crippen molar-refractivity contribution in [2.24, 2.45) is 0 Å². The standard InChI is InChI=1S/C2H4O2.2Mg.H2O/c1-2(3)4;;;/h1H3,(H,3,4);;;1H2/q;2*+2;/p-2. The Bertz CT molecular complexity index is 33.9. The van der Waals surface area contributed by atoms with Crippen LogP contribution in [0.4, 0.5) is 0 Å². The number of aliphatic carboxylic acids is 1. The third kappa shape index (κ3) is 185. The molecule has 0 atom stereocenters. The summed E-state index contributed by atoms with van der Waals surface area (Å²) < 4.78 is 0. The number of carboxylic acids is 1. The fraction of sp³-hybridized carbons (Fsp3) is 0.500. The van der Waals surface area contributed by atoms with Gasteiger partial charge in [0.05, 0.1) is 0 Å². The van der Waals surface area contributed by atoms with Gasteiger partial charge in [-0.05, 0) is 6.92 Å². The smallest absolute Gasteiger partial charge is 0.870 e. The molecule has 32 valence electrons. The predicted molar refractivity (Wildman–Crippen MR) is 24.1 cm³/mol. The van der Waals surface area contributed by atoms with E-state index in [1.54, 1.807) is 0 Å². The number of carbonyl (C=O) groups is 1. The van der Waals surface area contributed by atoms with Gasteiger partial charge in [-0.25, -0.2) is 0 Å². The number of hydrogen-bond donors (Lipinski definition) is 0. The summed E-state index contributed by atoms with van der Waals surface area (Å²) in [6, 6.07) is 0. The summed E-state index contributed by atoms with van der Waals surface area (Å²) in [4.78, 5) is 8.89. The van der Waals surface area contributed by atoms with Crippen LogP contribution in [-0.2, 0) is 4.79 Å². The fourth-order valence-corrected chi connectivity index (χ4v) is 0. The molecule has 0 saturated heterocycles. The minimum Gasteiger partial charge on any atom is -0.870 e. The molecule has 0 aliphatic heterocycles. The third-order valence-corrected chi connectivity index (χ3v) is 0. The SMILES string of the molecule is CC(=O)[O-].[Mg+2].[Mg+2].[OH-]. The Balaban J connectivity index is -0.0000000150. The van der Waals surface area contributed by atoms with Gasteiger partial charge in [0.2, 0.25) is 0 Å². The zero-order valence-electron chi connectivity index (χ0n) is 4.18. The van der Waals surface area contributed by atoms with Crippen LogP contribution >= 0.6 is 0 Å². The van der Waals surface area contributed by atoms with Crippen LogP contribution in [-0.4, -0.2) is 57.6 Å². The van der Waals surface area contributed by atoms with E-state index in [9.17, 15) is 0 Å². The van der Waals surface area contributed by atoms with Crippen LogP contribution in [0.2, 0.25) is 0 Å². The minimum atomic E-state index is -1.08. The van der Waals surface area contributed by atoms with Crippen LogP contribution in [0.3, 0.4) is 0 Å². The summed E-state index contributed by atoms with van der Waals surface area (Å²) in [5.74, 6) is -1.08. The molecule has 5 heteroatoms. The molecule has 0 spiro atoms. The van der Waals surface area contributed by atoms with Gasteiger partial charge in [0.1, 0.15) is 0 Å². The number of carbonyl (C=O) groups excluding carboxylic acids is 1. The molecule has 3 nitrogen and oxygen atoms in total. The van der Waals surface area contributed by atoms with E-state index < -0.39 is 5.97 Å². The maximum atomic E-state index is 8.89. The first-order valence-corrected chi connectivity index (χ1v) is 0.908. The van der Waals surface area contributed by atoms with Crippen molar-refractivity contribution < 1.29 is 15.4 Å². The summed E-state index contributed by atoms with van der Waals surface area (Å²) in [6.45, 7) is 0.972. The normalized spacial score (nSPS) is 3.57. The van der Waals surface area contributed by atoms with Crippen molar-refractivity contribution in [3.63, 3.8) is 0 Å². The summed E-state index contributed by atoms with van der Waals surface area (Å²) in [5.41, 5.74) is 0. The van der Waals surface area contributed by atoms with Crippen LogP contribution in [0.5, 0.6) is 0 Å². The Morgan fingerprint density at radius 1 is 1.43 bits per heavy atom. The van der Waals surface area contributed by atoms with Crippen LogP contribution in [0.15, 0.2) is 0 Å². The van der Waals surface area contributed by atoms with E-state index >= 15 is 0 Å². The van der Waals surface area contributed by atoms with E-state index in [0.29, 0.717) is 0 Å². The van der Waals surface area contributed by atoms with E-state index in [1.807, 2.05) is 0 Å². The fourth-order valence-electron chi connectivity index (χ4n) is 0. The first-order valence-electron chi connectivity index (χ1n) is 0.908. The van der Waals surface area contributed by atoms with Gasteiger partial charge in [-0.3, -0.25) is 0 Å². The number of carboxylic acid groups (broad SMARTS) is 1. The molecule has 0 amide bonds. The van der Waals surface area contributed by atoms with Gasteiger partial charge >= 0.3 is 46.1 Å². The Morgan fingerprint density at radius 3 is 1.43 bits per heavy atom. The zero-order chi connectivity index (χ0) is 3.58. The first kappa shape index (κ1) is 24.6. The van der Waals surface area contributed by atoms with Crippen molar-refractivity contribution in [3.05, 3.63) is 0 Å². The minimum absolute atomic E-state index is 0. The summed E-state index contributed by atoms with van der Waals surface area (Å²) in [5, 5.41) is 8.89. The molecule has 0 saturated carbocycles. The first-order chi connectivity index (χ1) is 1.73. The van der Waals surface area contributed by atoms with Crippen LogP contribution in [0, 0.1) is 0 Å². The van der Waals surface area contributed by atoms with Gasteiger partial charge in [-0.2, -0.15) is 0 Å². The molecule has 0 fully saturated rings. The van der Waals surface area contributed by atoms with Crippen LogP contribution in [0.25, 0.3) is 0 Å². The zero-order valence-corrected chi connectivity index (χ0v) is 7.01. The van der Waals surface area contributed by atoms with Crippen molar-refractivity contribution in [2.45, 2.75) is 6.92 Å². The average Bonchev–Trinajstić information content (AvgIpc) is 0.811. The molecule has 0 unspecified atom stereocenters. The van der Waals surface area contributed by atoms with Crippen LogP contribution in [0.1, 0.15) is 6.92 Å². The maximum absolute atomic E-state index is 8.89. The molecule has 0 rings (SSSR count). The Hall–Kier alpha value is 0.962. The van der Waals surface area contributed by atoms with Crippen molar-refractivity contribution in [2.75, 3.05) is 0 Å². The number of hydrogen-bond acceptors (Lipinski definition) is 3. The molecule has 0 aliphatic rings. The van der Waals surface area contributed by atoms with E-state index in [2.05, 4.69) is 0 Å². The Morgan fingerprint density at radius 2 is 1.43 bits per heavy atom. The molecule has 0 aromatic carbocycles. The monoisotopic (exact) mass is 124 g/mol. The van der Waals surface area contributed by atoms with Gasteiger partial charge in [0, 0.05) is 5.97 Å². The Labute approximate surface area is 74.1 Å². The van der Waals surface area contributed by atoms with Crippen molar-refractivity contribution >= 4 is 52.1 Å². The van der Waals surface area contributed by atoms with E-state index in [-0.39, 0.29) is 51.6 Å². The molecule has 0 radical (unpaired) electrons. The van der Waals surface area contributed by atoms with Crippen molar-refractivity contribution in [1.82, 2.24) is 0 Å². The topological polar surface area (TPSA) is 70.1 Å². The van der Waals surface area contributed by atoms with Crippen molar-refractivity contribution in [3.8, 4) is 0 Å². The van der Waals surface area contributed by atoms with Gasteiger partial charge in [0.15, 0.2) is 0 Å². The summed E-state index contributed by atoms with van der Waals surface area (Å²) in [6.07, 6.45) is 0. The molecule has 0 aromatic rings. The molecule has 0 aromatic heterocycles. The summed E-state index contributed by atoms with van der Waals surface area (Å²) >= 11 is 0. The molecular formula is C2H4Mg2O3+2. The van der Waals surface area contributed by atoms with Crippen LogP contribution < -0.4 is 5.11 Å². The van der Waals surface area contributed by atoms with Gasteiger partial charge in [-0.15, -0.1) is 0 Å². The average molecular weight is 125 g/mol. The second kappa shape index (κ2) is 15.8. The van der Waals surface area contributed by atoms with Gasteiger partial charge in [-0.1, -0.05) is 0 Å². The Kier molecular flexibility index (Phi) is 55.4. The molecular weight excluding hydrogens is 121 g/mol. The summed E-state index contributed by atoms with van der Waals surface area (Å²) in [7, 11) is 0. The quantitative estimate of drug-likeness (QED) is 0.345. The van der Waals surface area contributed by atoms with E-state index in [0.717, 1.165) is 6.92 Å². The molecule has 0 aliphatic carbocycles. The van der Waals surface area contributed by atoms with E-state index in [1.165, 1.54) is 0 Å².